The quantitative estimate of drug-likeness (QED) is 0.602. The lowest BCUT2D eigenvalue weighted by Gasteiger charge is -2.25. The van der Waals surface area contributed by atoms with Crippen molar-refractivity contribution in [1.82, 2.24) is 9.88 Å². The van der Waals surface area contributed by atoms with Gasteiger partial charge in [0.1, 0.15) is 5.69 Å². The van der Waals surface area contributed by atoms with Crippen LogP contribution in [0.25, 0.3) is 0 Å². The van der Waals surface area contributed by atoms with Gasteiger partial charge in [0.05, 0.1) is 11.9 Å². The molecule has 1 amide bonds. The fourth-order valence-electron chi connectivity index (χ4n) is 1.59. The molecule has 3 N–H and O–H groups in total. The predicted octanol–water partition coefficient (Wildman–Crippen LogP) is 1.63. The van der Waals surface area contributed by atoms with Crippen LogP contribution in [0.2, 0.25) is 0 Å². The molecule has 0 spiro atoms. The van der Waals surface area contributed by atoms with Crippen LogP contribution in [0, 0.1) is 0 Å². The number of aromatic nitrogens is 1. The number of rotatable bonds is 5. The van der Waals surface area contributed by atoms with Crippen molar-refractivity contribution in [2.24, 2.45) is 5.84 Å². The molecular formula is C12H20N4O. The molecule has 5 heteroatoms. The van der Waals surface area contributed by atoms with Gasteiger partial charge in [-0.1, -0.05) is 6.92 Å². The molecule has 0 atom stereocenters. The lowest BCUT2D eigenvalue weighted by atomic mass is 10.2. The molecule has 0 aliphatic heterocycles. The molecular weight excluding hydrogens is 216 g/mol. The Bertz CT molecular complexity index is 361. The van der Waals surface area contributed by atoms with Crippen molar-refractivity contribution in [3.8, 4) is 0 Å². The molecule has 5 nitrogen and oxygen atoms in total. The summed E-state index contributed by atoms with van der Waals surface area (Å²) < 4.78 is 0. The molecule has 0 aromatic carbocycles. The number of nitrogens with zero attached hydrogens (tertiary/aromatic N) is 2. The van der Waals surface area contributed by atoms with E-state index < -0.39 is 0 Å². The summed E-state index contributed by atoms with van der Waals surface area (Å²) in [5.41, 5.74) is 3.62. The highest BCUT2D eigenvalue weighted by atomic mass is 16.2. The van der Waals surface area contributed by atoms with E-state index in [0.29, 0.717) is 11.4 Å². The molecule has 1 heterocycles. The number of pyridine rings is 1. The first-order valence-electron chi connectivity index (χ1n) is 5.83. The monoisotopic (exact) mass is 236 g/mol. The topological polar surface area (TPSA) is 71.2 Å². The van der Waals surface area contributed by atoms with Gasteiger partial charge in [-0.15, -0.1) is 0 Å². The molecule has 0 saturated carbocycles. The van der Waals surface area contributed by atoms with Crippen LogP contribution in [0.15, 0.2) is 18.3 Å². The van der Waals surface area contributed by atoms with Gasteiger partial charge in [0.25, 0.3) is 5.91 Å². The van der Waals surface area contributed by atoms with Crippen molar-refractivity contribution in [2.45, 2.75) is 33.2 Å². The third-order valence-electron chi connectivity index (χ3n) is 2.50. The summed E-state index contributed by atoms with van der Waals surface area (Å²) in [5, 5.41) is 0. The highest BCUT2D eigenvalue weighted by Crippen LogP contribution is 2.09. The average Bonchev–Trinajstić information content (AvgIpc) is 2.35. The fraction of sp³-hybridized carbons (Fsp3) is 0.500. The van der Waals surface area contributed by atoms with E-state index in [1.807, 2.05) is 18.7 Å². The van der Waals surface area contributed by atoms with Gasteiger partial charge in [0.15, 0.2) is 0 Å². The van der Waals surface area contributed by atoms with E-state index in [9.17, 15) is 4.79 Å². The number of nitrogen functional groups attached to an aromatic ring is 1. The van der Waals surface area contributed by atoms with Crippen molar-refractivity contribution in [3.63, 3.8) is 0 Å². The number of carbonyl (C=O) groups excluding carboxylic acids is 1. The number of anilines is 1. The number of nitrogens with two attached hydrogens (primary N) is 1. The Morgan fingerprint density at radius 2 is 2.24 bits per heavy atom. The maximum Gasteiger partial charge on any atom is 0.272 e. The number of hydrogen-bond donors (Lipinski definition) is 2. The van der Waals surface area contributed by atoms with Crippen molar-refractivity contribution in [3.05, 3.63) is 24.0 Å². The van der Waals surface area contributed by atoms with Crippen molar-refractivity contribution in [1.29, 1.82) is 0 Å². The molecule has 1 aromatic rings. The van der Waals surface area contributed by atoms with E-state index in [-0.39, 0.29) is 11.9 Å². The Balaban J connectivity index is 2.85. The minimum atomic E-state index is -0.0366. The molecule has 0 aliphatic rings. The molecule has 0 radical (unpaired) electrons. The van der Waals surface area contributed by atoms with Crippen LogP contribution in [-0.4, -0.2) is 28.4 Å². The Labute approximate surface area is 102 Å². The van der Waals surface area contributed by atoms with Crippen LogP contribution < -0.4 is 11.3 Å². The molecule has 0 saturated heterocycles. The average molecular weight is 236 g/mol. The number of amides is 1. The summed E-state index contributed by atoms with van der Waals surface area (Å²) in [4.78, 5) is 18.1. The number of hydrazine groups is 1. The van der Waals surface area contributed by atoms with E-state index in [1.165, 1.54) is 0 Å². The number of hydrogen-bond acceptors (Lipinski definition) is 4. The third kappa shape index (κ3) is 3.42. The van der Waals surface area contributed by atoms with Gasteiger partial charge in [-0.05, 0) is 32.4 Å². The minimum absolute atomic E-state index is 0.0366. The second-order valence-electron chi connectivity index (χ2n) is 4.17. The van der Waals surface area contributed by atoms with Gasteiger partial charge in [0, 0.05) is 12.6 Å². The summed E-state index contributed by atoms with van der Waals surface area (Å²) in [6.07, 6.45) is 2.49. The summed E-state index contributed by atoms with van der Waals surface area (Å²) in [7, 11) is 0. The number of carbonyl (C=O) groups is 1. The maximum absolute atomic E-state index is 12.2. The zero-order valence-corrected chi connectivity index (χ0v) is 10.6. The van der Waals surface area contributed by atoms with Crippen LogP contribution in [0.3, 0.4) is 0 Å². The second-order valence-corrected chi connectivity index (χ2v) is 4.17. The zero-order valence-electron chi connectivity index (χ0n) is 10.6. The molecule has 0 bridgehead atoms. The molecule has 1 rings (SSSR count). The summed E-state index contributed by atoms with van der Waals surface area (Å²) in [6.45, 7) is 6.80. The van der Waals surface area contributed by atoms with E-state index in [4.69, 9.17) is 5.84 Å². The first-order chi connectivity index (χ1) is 8.10. The molecule has 0 unspecified atom stereocenters. The van der Waals surface area contributed by atoms with Gasteiger partial charge >= 0.3 is 0 Å². The molecule has 1 aromatic heterocycles. The molecule has 17 heavy (non-hydrogen) atoms. The standard InChI is InChI=1S/C12H20N4O/c1-4-7-16(9(2)3)12(17)11-6-5-10(15-13)8-14-11/h5-6,8-9,15H,4,7,13H2,1-3H3. The smallest absolute Gasteiger partial charge is 0.272 e. The lowest BCUT2D eigenvalue weighted by molar-refractivity contribution is 0.0700. The minimum Gasteiger partial charge on any atom is -0.335 e. The van der Waals surface area contributed by atoms with Crippen LogP contribution in [0.5, 0.6) is 0 Å². The second kappa shape index (κ2) is 6.20. The summed E-state index contributed by atoms with van der Waals surface area (Å²) in [5.74, 6) is 5.21. The van der Waals surface area contributed by atoms with Crippen molar-refractivity contribution < 1.29 is 4.79 Å². The first-order valence-corrected chi connectivity index (χ1v) is 5.83. The van der Waals surface area contributed by atoms with E-state index in [0.717, 1.165) is 13.0 Å². The van der Waals surface area contributed by atoms with Gasteiger partial charge in [-0.3, -0.25) is 10.6 Å². The van der Waals surface area contributed by atoms with Gasteiger partial charge in [-0.25, -0.2) is 4.98 Å². The molecule has 94 valence electrons. The molecule has 0 fully saturated rings. The van der Waals surface area contributed by atoms with Crippen molar-refractivity contribution in [2.75, 3.05) is 12.0 Å². The lowest BCUT2D eigenvalue weighted by Crippen LogP contribution is -2.37. The summed E-state index contributed by atoms with van der Waals surface area (Å²) in [6, 6.07) is 3.60. The van der Waals surface area contributed by atoms with Gasteiger partial charge < -0.3 is 10.3 Å². The number of nitrogens with one attached hydrogen (secondary N) is 1. The van der Waals surface area contributed by atoms with Gasteiger partial charge in [-0.2, -0.15) is 0 Å². The summed E-state index contributed by atoms with van der Waals surface area (Å²) >= 11 is 0. The normalized spacial score (nSPS) is 10.4. The van der Waals surface area contributed by atoms with E-state index in [2.05, 4.69) is 17.3 Å². The van der Waals surface area contributed by atoms with Crippen LogP contribution >= 0.6 is 0 Å². The SMILES string of the molecule is CCCN(C(=O)c1ccc(NN)cn1)C(C)C. The zero-order chi connectivity index (χ0) is 12.8. The fourth-order valence-corrected chi connectivity index (χ4v) is 1.59. The van der Waals surface area contributed by atoms with Crippen LogP contribution in [0.1, 0.15) is 37.7 Å². The Morgan fingerprint density at radius 1 is 1.53 bits per heavy atom. The Hall–Kier alpha value is -1.62. The third-order valence-corrected chi connectivity index (χ3v) is 2.50. The molecule has 0 aliphatic carbocycles. The predicted molar refractivity (Wildman–Crippen MR) is 68.5 cm³/mol. The van der Waals surface area contributed by atoms with Gasteiger partial charge in [0.2, 0.25) is 0 Å². The van der Waals surface area contributed by atoms with Crippen LogP contribution in [0.4, 0.5) is 5.69 Å². The van der Waals surface area contributed by atoms with E-state index in [1.54, 1.807) is 18.3 Å². The first kappa shape index (κ1) is 13.4. The Kier molecular flexibility index (Phi) is 4.90. The maximum atomic E-state index is 12.2. The largest absolute Gasteiger partial charge is 0.335 e. The van der Waals surface area contributed by atoms with E-state index >= 15 is 0 Å². The van der Waals surface area contributed by atoms with Crippen molar-refractivity contribution >= 4 is 11.6 Å². The highest BCUT2D eigenvalue weighted by Gasteiger charge is 2.18. The Morgan fingerprint density at radius 3 is 2.65 bits per heavy atom. The highest BCUT2D eigenvalue weighted by molar-refractivity contribution is 5.92. The van der Waals surface area contributed by atoms with Crippen LogP contribution in [-0.2, 0) is 0 Å².